The molecule has 0 aromatic heterocycles. The van der Waals surface area contributed by atoms with Gasteiger partial charge in [0.05, 0.1) is 8.82 Å². The lowest BCUT2D eigenvalue weighted by atomic mass is 9.47. The van der Waals surface area contributed by atoms with Crippen LogP contribution >= 0.6 is 0 Å². The van der Waals surface area contributed by atoms with Crippen LogP contribution in [0.4, 0.5) is 0 Å². The molecule has 0 spiro atoms. The van der Waals surface area contributed by atoms with Crippen molar-refractivity contribution in [3.63, 3.8) is 0 Å². The molecule has 8 unspecified atom stereocenters. The Morgan fingerprint density at radius 1 is 1.18 bits per heavy atom. The molecule has 0 bridgehead atoms. The molecule has 0 aromatic rings. The van der Waals surface area contributed by atoms with Crippen molar-refractivity contribution in [3.8, 4) is 0 Å². The first-order valence-corrected chi connectivity index (χ1v) is 11.9. The fourth-order valence-electron chi connectivity index (χ4n) is 7.83. The van der Waals surface area contributed by atoms with Crippen molar-refractivity contribution in [2.75, 3.05) is 0 Å². The molecule has 1 N–H and O–H groups in total. The van der Waals surface area contributed by atoms with Gasteiger partial charge < -0.3 is 5.11 Å². The van der Waals surface area contributed by atoms with Crippen LogP contribution in [-0.4, -0.2) is 11.2 Å². The van der Waals surface area contributed by atoms with E-state index in [1.165, 1.54) is 25.7 Å². The lowest BCUT2D eigenvalue weighted by molar-refractivity contribution is -0.0573. The van der Waals surface area contributed by atoms with Crippen LogP contribution in [0.1, 0.15) is 113 Å². The Labute approximate surface area is 183 Å². The quantitative estimate of drug-likeness (QED) is 0.484. The Morgan fingerprint density at radius 3 is 2.71 bits per heavy atom. The van der Waals surface area contributed by atoms with Crippen molar-refractivity contribution < 1.29 is 13.3 Å². The molecule has 4 aliphatic rings. The predicted molar refractivity (Wildman–Crippen MR) is 119 cm³/mol. The maximum atomic E-state index is 10.7. The zero-order valence-corrected chi connectivity index (χ0v) is 18.8. The smallest absolute Gasteiger partial charge is 0.0604 e. The highest BCUT2D eigenvalue weighted by Crippen LogP contribution is 2.67. The second-order valence-electron chi connectivity index (χ2n) is 11.4. The van der Waals surface area contributed by atoms with Gasteiger partial charge in [0, 0.05) is 5.48 Å². The molecule has 3 saturated carbocycles. The van der Waals surface area contributed by atoms with Crippen molar-refractivity contribution >= 4 is 0 Å². The predicted octanol–water partition coefficient (Wildman–Crippen LogP) is 7.39. The lowest BCUT2D eigenvalue weighted by Gasteiger charge is -2.58. The largest absolute Gasteiger partial charge is 0.393 e. The van der Waals surface area contributed by atoms with Crippen LogP contribution < -0.4 is 0 Å². The monoisotopic (exact) mass is 392 g/mol. The molecule has 3 fully saturated rings. The molecule has 0 radical (unpaired) electrons. The number of allylic oxidation sites excluding steroid dienone is 1. The van der Waals surface area contributed by atoms with E-state index in [1.54, 1.807) is 0 Å². The Balaban J connectivity index is 1.65. The first kappa shape index (κ1) is 14.7. The molecule has 8 atom stereocenters. The minimum atomic E-state index is -2.89. The van der Waals surface area contributed by atoms with Crippen LogP contribution in [0.3, 0.4) is 0 Å². The second kappa shape index (κ2) is 7.75. The molecular weight excluding hydrogens is 340 g/mol. The van der Waals surface area contributed by atoms with Gasteiger partial charge in [-0.05, 0) is 97.6 Å². The fourth-order valence-corrected chi connectivity index (χ4v) is 7.83. The summed E-state index contributed by atoms with van der Waals surface area (Å²) in [5.74, 6) is 2.95. The van der Waals surface area contributed by atoms with Crippen LogP contribution in [0.25, 0.3) is 0 Å². The molecule has 0 saturated heterocycles. The molecule has 0 aliphatic heterocycles. The molecule has 4 rings (SSSR count). The van der Waals surface area contributed by atoms with Gasteiger partial charge in [-0.25, -0.2) is 0 Å². The molecule has 0 heterocycles. The summed E-state index contributed by atoms with van der Waals surface area (Å²) >= 11 is 0. The van der Waals surface area contributed by atoms with E-state index in [1.807, 2.05) is 6.92 Å². The highest BCUT2D eigenvalue weighted by atomic mass is 16.3. The van der Waals surface area contributed by atoms with Crippen LogP contribution in [0, 0.1) is 46.3 Å². The maximum Gasteiger partial charge on any atom is 0.0604 e. The van der Waals surface area contributed by atoms with E-state index in [0.29, 0.717) is 24.2 Å². The summed E-state index contributed by atoms with van der Waals surface area (Å²) in [6.45, 7) is 11.4. The van der Waals surface area contributed by atoms with E-state index in [0.717, 1.165) is 25.2 Å². The molecule has 160 valence electrons. The second-order valence-corrected chi connectivity index (χ2v) is 11.4. The van der Waals surface area contributed by atoms with Crippen LogP contribution in [0.15, 0.2) is 11.6 Å². The van der Waals surface area contributed by atoms with Gasteiger partial charge in [0.15, 0.2) is 0 Å². The summed E-state index contributed by atoms with van der Waals surface area (Å²) in [6, 6.07) is 0.215. The molecule has 0 aromatic carbocycles. The van der Waals surface area contributed by atoms with Gasteiger partial charge in [0.25, 0.3) is 0 Å². The summed E-state index contributed by atoms with van der Waals surface area (Å²) in [4.78, 5) is 0. The van der Waals surface area contributed by atoms with Crippen molar-refractivity contribution in [1.29, 1.82) is 0 Å². The van der Waals surface area contributed by atoms with Gasteiger partial charge >= 0.3 is 0 Å². The molecular formula is C27H46O. The van der Waals surface area contributed by atoms with Crippen LogP contribution in [0.5, 0.6) is 0 Å². The van der Waals surface area contributed by atoms with Crippen LogP contribution in [0.2, 0.25) is 0 Å². The highest BCUT2D eigenvalue weighted by Gasteiger charge is 2.59. The normalized spacial score (nSPS) is 56.2. The third-order valence-electron chi connectivity index (χ3n) is 9.41. The van der Waals surface area contributed by atoms with E-state index >= 15 is 0 Å². The zero-order valence-electron chi connectivity index (χ0n) is 24.8. The minimum Gasteiger partial charge on any atom is -0.393 e. The van der Waals surface area contributed by atoms with Gasteiger partial charge in [0.2, 0.25) is 0 Å². The first-order chi connectivity index (χ1) is 15.5. The standard InChI is InChI=1S/C27H46O/c1-18(2)7-6-8-19(3)23-11-12-24-22-10-9-20-17-21(28)13-15-26(20,4)25(22)14-16-27(23,24)5/h9,18-19,21-25,28H,6-8,10-17H2,1-5H3/i9D,13D2,17D2,21D. The lowest BCUT2D eigenvalue weighted by Crippen LogP contribution is -2.50. The van der Waals surface area contributed by atoms with Gasteiger partial charge in [-0.1, -0.05) is 65.5 Å². The van der Waals surface area contributed by atoms with Gasteiger partial charge in [-0.3, -0.25) is 0 Å². The average molecular weight is 393 g/mol. The summed E-state index contributed by atoms with van der Waals surface area (Å²) in [6.07, 6.45) is 0.782. The topological polar surface area (TPSA) is 20.2 Å². The number of fused-ring (bicyclic) bond motifs is 5. The molecule has 4 aliphatic carbocycles. The summed E-state index contributed by atoms with van der Waals surface area (Å²) in [5, 5.41) is 10.7. The molecule has 0 amide bonds. The summed E-state index contributed by atoms with van der Waals surface area (Å²) in [7, 11) is 0. The van der Waals surface area contributed by atoms with E-state index in [4.69, 9.17) is 8.22 Å². The average Bonchev–Trinajstić information content (AvgIpc) is 3.03. The maximum absolute atomic E-state index is 10.7. The SMILES string of the molecule is [2H]C1=C2C(C)(CC([2H])([2H])C([2H])(O)C2([2H])[2H])C2CCC3(C)C(C(C)CCCC(C)C)CCC3C2C1. The van der Waals surface area contributed by atoms with Gasteiger partial charge in [-0.2, -0.15) is 0 Å². The molecule has 28 heavy (non-hydrogen) atoms. The first-order valence-electron chi connectivity index (χ1n) is 14.9. The van der Waals surface area contributed by atoms with Crippen LogP contribution in [-0.2, 0) is 0 Å². The third kappa shape index (κ3) is 3.42. The summed E-state index contributed by atoms with van der Waals surface area (Å²) in [5.41, 5.74) is -0.396. The van der Waals surface area contributed by atoms with E-state index in [-0.39, 0.29) is 35.3 Å². The Kier molecular flexibility index (Phi) is 4.06. The van der Waals surface area contributed by atoms with Crippen molar-refractivity contribution in [2.24, 2.45) is 46.3 Å². The number of rotatable bonds is 5. The Bertz CT molecular complexity index is 835. The van der Waals surface area contributed by atoms with Crippen molar-refractivity contribution in [3.05, 3.63) is 11.6 Å². The number of aliphatic hydroxyl groups is 1. The van der Waals surface area contributed by atoms with Crippen molar-refractivity contribution in [2.45, 2.75) is 111 Å². The number of hydrogen-bond acceptors (Lipinski definition) is 1. The Morgan fingerprint density at radius 2 is 1.96 bits per heavy atom. The molecule has 1 nitrogen and oxygen atoms in total. The Hall–Kier alpha value is -0.300. The van der Waals surface area contributed by atoms with Crippen molar-refractivity contribution in [1.82, 2.24) is 0 Å². The number of hydrogen-bond donors (Lipinski definition) is 1. The van der Waals surface area contributed by atoms with E-state index in [2.05, 4.69) is 27.7 Å². The highest BCUT2D eigenvalue weighted by molar-refractivity contribution is 5.25. The third-order valence-corrected chi connectivity index (χ3v) is 9.41. The zero-order chi connectivity index (χ0) is 25.5. The fraction of sp³-hybridized carbons (Fsp3) is 0.926. The van der Waals surface area contributed by atoms with E-state index in [9.17, 15) is 5.11 Å². The molecule has 1 heteroatoms. The summed E-state index contributed by atoms with van der Waals surface area (Å²) < 4.78 is 51.4. The minimum absolute atomic E-state index is 0.0865. The van der Waals surface area contributed by atoms with Gasteiger partial charge in [0.1, 0.15) is 0 Å². The van der Waals surface area contributed by atoms with E-state index < -0.39 is 24.2 Å². The van der Waals surface area contributed by atoms with Gasteiger partial charge in [-0.15, -0.1) is 0 Å².